The van der Waals surface area contributed by atoms with E-state index in [4.69, 9.17) is 47.1 Å². The van der Waals surface area contributed by atoms with Gasteiger partial charge < -0.3 is 28.4 Å². The second-order valence-corrected chi connectivity index (χ2v) is 13.1. The Morgan fingerprint density at radius 3 is 2.73 bits per heavy atom. The highest BCUT2D eigenvalue weighted by Gasteiger charge is 2.46. The number of benzene rings is 2. The number of hydrogen-bond acceptors (Lipinski definition) is 10. The van der Waals surface area contributed by atoms with Crippen LogP contribution in [0.15, 0.2) is 67.1 Å². The maximum atomic E-state index is 12.5. The van der Waals surface area contributed by atoms with Gasteiger partial charge in [-0.2, -0.15) is 5.10 Å². The third kappa shape index (κ3) is 5.42. The number of nitrogens with zero attached hydrogens (tertiary/aromatic N) is 7. The number of piperazine rings is 1. The molecule has 3 aromatic heterocycles. The Hall–Kier alpha value is -4.36. The van der Waals surface area contributed by atoms with Crippen molar-refractivity contribution >= 4 is 45.9 Å². The standard InChI is InChI=1S/C34H33Cl2N7O5/c1-34(29-8-7-22(35)17-37-29)47-28-6-3-5-24(32(28)48-34)42-13-11-40(26-19-46-20-27(26)42)18-30-39-31-23(36)15-21(33(44)45-2)16-25(31)43(30)14-12-41-10-4-9-38-41/h3-10,15-17,26-27H,11-14,18-20H2,1-2H3/t26-,27+,34-/m0/s1. The average Bonchev–Trinajstić information content (AvgIpc) is 3.90. The van der Waals surface area contributed by atoms with Gasteiger partial charge >= 0.3 is 5.97 Å². The van der Waals surface area contributed by atoms with Gasteiger partial charge in [-0.1, -0.05) is 29.3 Å². The second-order valence-electron chi connectivity index (χ2n) is 12.2. The molecule has 14 heteroatoms. The lowest BCUT2D eigenvalue weighted by Crippen LogP contribution is -2.59. The molecule has 0 bridgehead atoms. The summed E-state index contributed by atoms with van der Waals surface area (Å²) in [7, 11) is 1.36. The zero-order valence-corrected chi connectivity index (χ0v) is 27.9. The van der Waals surface area contributed by atoms with Crippen molar-refractivity contribution in [2.24, 2.45) is 0 Å². The van der Waals surface area contributed by atoms with Gasteiger partial charge in [-0.05, 0) is 42.5 Å². The van der Waals surface area contributed by atoms with Crippen molar-refractivity contribution in [1.29, 1.82) is 0 Å². The number of rotatable bonds is 8. The first kappa shape index (κ1) is 30.9. The number of para-hydroxylation sites is 1. The van der Waals surface area contributed by atoms with Gasteiger partial charge in [-0.25, -0.2) is 9.78 Å². The van der Waals surface area contributed by atoms with E-state index in [-0.39, 0.29) is 12.1 Å². The van der Waals surface area contributed by atoms with E-state index in [2.05, 4.69) is 30.5 Å². The zero-order valence-electron chi connectivity index (χ0n) is 26.4. The molecular weight excluding hydrogens is 657 g/mol. The molecule has 6 heterocycles. The van der Waals surface area contributed by atoms with E-state index in [1.807, 2.05) is 42.1 Å². The van der Waals surface area contributed by atoms with E-state index in [0.717, 1.165) is 30.1 Å². The SMILES string of the molecule is COC(=O)c1cc(Cl)c2nc(CN3CCN(c4cccc5c4O[C@@](C)(c4ccc(Cl)cn4)O5)[C@@H]4COC[C@@H]43)n(CCn3cccn3)c2c1. The molecule has 2 aromatic carbocycles. The molecular formula is C34H33Cl2N7O5. The molecule has 0 spiro atoms. The average molecular weight is 691 g/mol. The normalized spacial score (nSPS) is 22.0. The van der Waals surface area contributed by atoms with Gasteiger partial charge in [0.05, 0.1) is 72.3 Å². The number of pyridine rings is 1. The number of ether oxygens (including phenoxy) is 4. The van der Waals surface area contributed by atoms with Crippen LogP contribution in [0.25, 0.3) is 11.0 Å². The fourth-order valence-corrected chi connectivity index (χ4v) is 7.35. The fourth-order valence-electron chi connectivity index (χ4n) is 6.98. The Morgan fingerprint density at radius 1 is 1.06 bits per heavy atom. The van der Waals surface area contributed by atoms with E-state index < -0.39 is 11.8 Å². The van der Waals surface area contributed by atoms with E-state index in [1.54, 1.807) is 30.6 Å². The quantitative estimate of drug-likeness (QED) is 0.203. The van der Waals surface area contributed by atoms with Crippen molar-refractivity contribution in [2.75, 3.05) is 38.3 Å². The Kier molecular flexibility index (Phi) is 7.91. The number of carbonyl (C=O) groups is 1. The Labute approximate surface area is 286 Å². The number of aryl methyl sites for hydroxylation is 2. The van der Waals surface area contributed by atoms with Crippen LogP contribution in [0.4, 0.5) is 5.69 Å². The van der Waals surface area contributed by atoms with E-state index in [9.17, 15) is 4.79 Å². The summed E-state index contributed by atoms with van der Waals surface area (Å²) in [6, 6.07) is 15.1. The molecule has 0 aliphatic carbocycles. The molecule has 3 aliphatic heterocycles. The van der Waals surface area contributed by atoms with Crippen molar-refractivity contribution in [2.45, 2.75) is 44.4 Å². The summed E-state index contributed by atoms with van der Waals surface area (Å²) < 4.78 is 28.0. The summed E-state index contributed by atoms with van der Waals surface area (Å²) in [5.41, 5.74) is 3.39. The molecule has 0 unspecified atom stereocenters. The van der Waals surface area contributed by atoms with E-state index in [1.165, 1.54) is 7.11 Å². The van der Waals surface area contributed by atoms with Crippen molar-refractivity contribution in [1.82, 2.24) is 29.2 Å². The molecule has 0 amide bonds. The van der Waals surface area contributed by atoms with Crippen LogP contribution in [0.3, 0.4) is 0 Å². The summed E-state index contributed by atoms with van der Waals surface area (Å²) in [6.45, 7) is 6.31. The third-order valence-corrected chi connectivity index (χ3v) is 9.86. The number of halogens is 2. The second kappa shape index (κ2) is 12.3. The van der Waals surface area contributed by atoms with Crippen LogP contribution in [0.1, 0.15) is 28.8 Å². The van der Waals surface area contributed by atoms with Crippen molar-refractivity contribution < 1.29 is 23.7 Å². The van der Waals surface area contributed by atoms with Crippen LogP contribution < -0.4 is 14.4 Å². The lowest BCUT2D eigenvalue weighted by atomic mass is 10.0. The van der Waals surface area contributed by atoms with E-state index >= 15 is 0 Å². The first-order valence-electron chi connectivity index (χ1n) is 15.8. The van der Waals surface area contributed by atoms with Gasteiger partial charge in [0.15, 0.2) is 11.5 Å². The molecule has 12 nitrogen and oxygen atoms in total. The van der Waals surface area contributed by atoms with Crippen LogP contribution in [0.5, 0.6) is 11.5 Å². The number of methoxy groups -OCH3 is 1. The fraction of sp³-hybridized carbons (Fsp3) is 0.353. The van der Waals surface area contributed by atoms with Crippen molar-refractivity contribution in [3.05, 3.63) is 94.2 Å². The molecule has 0 saturated carbocycles. The number of carbonyl (C=O) groups excluding carboxylic acids is 1. The largest absolute Gasteiger partial charge is 0.465 e. The number of fused-ring (bicyclic) bond motifs is 3. The third-order valence-electron chi connectivity index (χ3n) is 9.34. The van der Waals surface area contributed by atoms with Gasteiger partial charge in [0, 0.05) is 45.1 Å². The molecule has 0 N–H and O–H groups in total. The lowest BCUT2D eigenvalue weighted by molar-refractivity contribution is -0.0716. The number of imidazole rings is 1. The van der Waals surface area contributed by atoms with Crippen LogP contribution >= 0.6 is 23.2 Å². The monoisotopic (exact) mass is 689 g/mol. The van der Waals surface area contributed by atoms with Crippen molar-refractivity contribution in [3.63, 3.8) is 0 Å². The Bertz CT molecular complexity index is 1990. The van der Waals surface area contributed by atoms with Gasteiger partial charge in [0.1, 0.15) is 17.0 Å². The first-order chi connectivity index (χ1) is 23.3. The lowest BCUT2D eigenvalue weighted by Gasteiger charge is -2.44. The van der Waals surface area contributed by atoms with Crippen LogP contribution in [-0.2, 0) is 34.9 Å². The van der Waals surface area contributed by atoms with Gasteiger partial charge in [-0.3, -0.25) is 14.6 Å². The minimum Gasteiger partial charge on any atom is -0.465 e. The van der Waals surface area contributed by atoms with Gasteiger partial charge in [-0.15, -0.1) is 0 Å². The predicted octanol–water partition coefficient (Wildman–Crippen LogP) is 5.16. The molecule has 0 radical (unpaired) electrons. The smallest absolute Gasteiger partial charge is 0.337 e. The highest BCUT2D eigenvalue weighted by Crippen LogP contribution is 2.50. The molecule has 2 saturated heterocycles. The molecule has 48 heavy (non-hydrogen) atoms. The summed E-state index contributed by atoms with van der Waals surface area (Å²) in [6.07, 6.45) is 5.28. The van der Waals surface area contributed by atoms with Crippen LogP contribution in [0.2, 0.25) is 10.0 Å². The molecule has 5 aromatic rings. The van der Waals surface area contributed by atoms with Crippen LogP contribution in [-0.4, -0.2) is 80.7 Å². The molecule has 3 atom stereocenters. The molecule has 2 fully saturated rings. The van der Waals surface area contributed by atoms with Gasteiger partial charge in [0.2, 0.25) is 0 Å². The Balaban J connectivity index is 1.08. The topological polar surface area (TPSA) is 109 Å². The summed E-state index contributed by atoms with van der Waals surface area (Å²) in [5, 5.41) is 5.33. The number of esters is 1. The first-order valence-corrected chi connectivity index (χ1v) is 16.5. The molecule has 248 valence electrons. The van der Waals surface area contributed by atoms with Gasteiger partial charge in [0.25, 0.3) is 5.79 Å². The Morgan fingerprint density at radius 2 is 1.94 bits per heavy atom. The molecule has 8 rings (SSSR count). The predicted molar refractivity (Wildman–Crippen MR) is 179 cm³/mol. The highest BCUT2D eigenvalue weighted by atomic mass is 35.5. The van der Waals surface area contributed by atoms with E-state index in [0.29, 0.717) is 71.2 Å². The summed E-state index contributed by atoms with van der Waals surface area (Å²) >= 11 is 12.8. The number of anilines is 1. The maximum Gasteiger partial charge on any atom is 0.337 e. The molecule has 3 aliphatic rings. The summed E-state index contributed by atoms with van der Waals surface area (Å²) in [5.74, 6) is 0.671. The minimum absolute atomic E-state index is 0.0748. The van der Waals surface area contributed by atoms with Crippen molar-refractivity contribution in [3.8, 4) is 11.5 Å². The maximum absolute atomic E-state index is 12.5. The highest BCUT2D eigenvalue weighted by molar-refractivity contribution is 6.35. The zero-order chi connectivity index (χ0) is 33.0. The number of hydrogen-bond donors (Lipinski definition) is 0. The summed E-state index contributed by atoms with van der Waals surface area (Å²) in [4.78, 5) is 26.8. The number of aromatic nitrogens is 5. The minimum atomic E-state index is -1.08. The van der Waals surface area contributed by atoms with Crippen LogP contribution in [0, 0.1) is 0 Å².